The molecule has 8 heterocycles. The molecule has 2 saturated carbocycles. The summed E-state index contributed by atoms with van der Waals surface area (Å²) in [4.78, 5) is 24.1. The van der Waals surface area contributed by atoms with Crippen molar-refractivity contribution < 1.29 is 27.4 Å². The van der Waals surface area contributed by atoms with Crippen LogP contribution in [0, 0.1) is 69.2 Å². The lowest BCUT2D eigenvalue weighted by atomic mass is 9.78. The molecule has 18 rings (SSSR count). The molecule has 0 saturated heterocycles. The molecule has 1 atom stereocenters. The highest BCUT2D eigenvalue weighted by Gasteiger charge is 2.49. The van der Waals surface area contributed by atoms with Gasteiger partial charge in [0.25, 0.3) is 0 Å². The van der Waals surface area contributed by atoms with E-state index in [9.17, 15) is 0 Å². The maximum Gasteiger partial charge on any atom is 0.212 e. The highest BCUT2D eigenvalue weighted by atomic mass is 14.9. The number of benzene rings is 4. The van der Waals surface area contributed by atoms with E-state index in [2.05, 4.69) is 186 Å². The Hall–Kier alpha value is -9.92. The van der Waals surface area contributed by atoms with Crippen LogP contribution in [0.25, 0.3) is 89.5 Å². The molecule has 6 aliphatic rings. The maximum atomic E-state index is 8.51. The van der Waals surface area contributed by atoms with Gasteiger partial charge in [0, 0.05) is 145 Å². The van der Waals surface area contributed by atoms with Crippen LogP contribution in [0.2, 0.25) is 0 Å². The first-order valence-corrected chi connectivity index (χ1v) is 37.1. The van der Waals surface area contributed by atoms with Crippen LogP contribution >= 0.6 is 0 Å². The van der Waals surface area contributed by atoms with Gasteiger partial charge in [0.05, 0.1) is 28.5 Å². The van der Waals surface area contributed by atoms with Crippen LogP contribution in [-0.2, 0) is 42.8 Å². The lowest BCUT2D eigenvalue weighted by Gasteiger charge is -2.26. The topological polar surface area (TPSA) is 76.1 Å². The van der Waals surface area contributed by atoms with Crippen LogP contribution in [0.4, 0.5) is 0 Å². The van der Waals surface area contributed by atoms with Crippen LogP contribution in [-0.4, -0.2) is 24.9 Å². The number of fused-ring (bicyclic) bond motifs is 16. The first-order chi connectivity index (χ1) is 53.7. The predicted octanol–water partition coefficient (Wildman–Crippen LogP) is 21.4. The number of aryl methyl sites for hydroxylation is 13. The third-order valence-electron chi connectivity index (χ3n) is 23.6. The lowest BCUT2D eigenvalue weighted by molar-refractivity contribution is -0.660. The van der Waals surface area contributed by atoms with Gasteiger partial charge < -0.3 is 0 Å². The normalized spacial score (nSPS) is 17.9. The fourth-order valence-electron chi connectivity index (χ4n) is 18.0. The minimum absolute atomic E-state index is 0.118. The van der Waals surface area contributed by atoms with Crippen molar-refractivity contribution in [2.45, 2.75) is 189 Å². The van der Waals surface area contributed by atoms with Crippen molar-refractivity contribution in [3.63, 3.8) is 0 Å². The zero-order chi connectivity index (χ0) is 81.6. The summed E-state index contributed by atoms with van der Waals surface area (Å²) in [6.07, 6.45) is 18.0. The van der Waals surface area contributed by atoms with Gasteiger partial charge >= 0.3 is 0 Å². The molecule has 8 nitrogen and oxygen atoms in total. The third kappa shape index (κ3) is 11.7. The van der Waals surface area contributed by atoms with Gasteiger partial charge in [-0.15, -0.1) is 0 Å². The number of hydrogen-bond acceptors (Lipinski definition) is 5. The van der Waals surface area contributed by atoms with Gasteiger partial charge in [-0.3, -0.25) is 24.9 Å². The minimum Gasteiger partial charge on any atom is -0.257 e. The standard InChI is InChI=1S/C25H29N2.C24H25N2.C24H24N2.C23H25N2/c1-15(2)18-10-11-27(7)23(13-18)20-14-21-19-9-8-17(4)26-24(19)25(5,6)22(21)12-16(20)3;1-16-14-21-20(15-19(16)22-8-4-7-13-26(22)3)18-10-9-17(2)25-23(18)24(21)11-5-6-12-24;1-15-8-11-25-22(12-15)19-14-20-18-7-6-17(3)26-23(18)24(9-4-5-10-24)21(20)13-16(19)2;1-14-9-10-25(6)21(11-14)18-13-19-17-8-7-16(3)24-22(17)23(4,5)20(19)12-15(18)2/h8-15H,1-7H3;4,7-10,13-15H,5-6,11-12H2,1-3H3;6-8,11-14H,4-5,9-10H2,1-3H3;7-13H,1-6H3/q2*+1;;+1/i1D3,15D;;;4D3,5D3. The van der Waals surface area contributed by atoms with E-state index in [-0.39, 0.29) is 21.9 Å². The monoisotopic (exact) mass is 1380 g/mol. The molecule has 0 aliphatic heterocycles. The lowest BCUT2D eigenvalue weighted by Crippen LogP contribution is -2.31. The molecule has 4 aromatic carbocycles. The zero-order valence-corrected chi connectivity index (χ0v) is 63.5. The van der Waals surface area contributed by atoms with Crippen molar-refractivity contribution in [3.8, 4) is 89.5 Å². The molecular formula is C96H103N8+3. The van der Waals surface area contributed by atoms with Crippen LogP contribution in [0.1, 0.15) is 219 Å². The molecule has 2 spiro atoms. The molecule has 8 aromatic heterocycles. The van der Waals surface area contributed by atoms with Gasteiger partial charge in [0.2, 0.25) is 17.1 Å². The van der Waals surface area contributed by atoms with Crippen LogP contribution in [0.5, 0.6) is 0 Å². The quantitative estimate of drug-likeness (QED) is 0.161. The summed E-state index contributed by atoms with van der Waals surface area (Å²) >= 11 is 0. The minimum atomic E-state index is -2.80. The summed E-state index contributed by atoms with van der Waals surface area (Å²) in [5, 5.41) is 0. The van der Waals surface area contributed by atoms with E-state index < -0.39 is 31.9 Å². The molecule has 1 unspecified atom stereocenters. The van der Waals surface area contributed by atoms with E-state index >= 15 is 0 Å². The van der Waals surface area contributed by atoms with Gasteiger partial charge in [-0.05, 0) is 251 Å². The largest absolute Gasteiger partial charge is 0.257 e. The number of nitrogens with zero attached hydrogens (tertiary/aromatic N) is 8. The molecule has 0 radical (unpaired) electrons. The molecule has 0 bridgehead atoms. The Morgan fingerprint density at radius 2 is 0.779 bits per heavy atom. The summed E-state index contributed by atoms with van der Waals surface area (Å²) < 4.78 is 88.2. The highest BCUT2D eigenvalue weighted by Crippen LogP contribution is 2.59. The van der Waals surface area contributed by atoms with Gasteiger partial charge in [0.15, 0.2) is 18.6 Å². The molecule has 2 fully saturated rings. The number of aromatic nitrogens is 8. The van der Waals surface area contributed by atoms with E-state index in [0.717, 1.165) is 73.2 Å². The number of rotatable bonds is 5. The van der Waals surface area contributed by atoms with Gasteiger partial charge in [-0.2, -0.15) is 0 Å². The molecule has 0 N–H and O–H groups in total. The van der Waals surface area contributed by atoms with Crippen molar-refractivity contribution in [2.75, 3.05) is 0 Å². The SMILES string of the molecule is Cc1ccc2c(n1)C1(CCCC1)c1cc(C)c(-c3cccc[n+]3C)cc1-2.Cc1ccnc(-c2cc3c(cc2C)C2(CCCC2)c2nc(C)ccc2-3)c1.[2H]C([2H])([2H])C([2H])(C)c1cc[n+](C)c(-c2cc3c(cc2C)C(C)(C)c2nc(C)ccc2-3)c1.[2H]C([2H])([2H])C1(C([2H])([2H])[2H])c2cc(C)c(-c3cc(C)cc[n+]3C)cc2-c2ccc(C)nc21. The molecule has 524 valence electrons. The smallest absolute Gasteiger partial charge is 0.212 e. The van der Waals surface area contributed by atoms with Crippen molar-refractivity contribution in [1.82, 2.24) is 24.9 Å². The van der Waals surface area contributed by atoms with Gasteiger partial charge in [-0.1, -0.05) is 116 Å². The second-order valence-corrected chi connectivity index (χ2v) is 31.4. The average Bonchev–Trinajstić information content (AvgIpc) is 1.45. The molecule has 8 heteroatoms. The van der Waals surface area contributed by atoms with E-state index in [0.29, 0.717) is 27.9 Å². The number of pyridine rings is 8. The Morgan fingerprint density at radius 1 is 0.375 bits per heavy atom. The highest BCUT2D eigenvalue weighted by molar-refractivity contribution is 5.88. The van der Waals surface area contributed by atoms with E-state index in [4.69, 9.17) is 28.7 Å². The third-order valence-corrected chi connectivity index (χ3v) is 23.6. The first-order valence-electron chi connectivity index (χ1n) is 42.1. The number of hydrogen-bond donors (Lipinski definition) is 0. The van der Waals surface area contributed by atoms with Crippen LogP contribution in [0.15, 0.2) is 176 Å². The second-order valence-electron chi connectivity index (χ2n) is 31.4. The summed E-state index contributed by atoms with van der Waals surface area (Å²) in [7, 11) is 6.03. The zero-order valence-electron chi connectivity index (χ0n) is 73.5. The summed E-state index contributed by atoms with van der Waals surface area (Å²) in [6, 6.07) is 52.8. The summed E-state index contributed by atoms with van der Waals surface area (Å²) in [5.41, 5.74) is 35.4. The van der Waals surface area contributed by atoms with Crippen molar-refractivity contribution >= 4 is 0 Å². The molecule has 104 heavy (non-hydrogen) atoms. The van der Waals surface area contributed by atoms with Gasteiger partial charge in [-0.25, -0.2) is 13.7 Å². The fourth-order valence-corrected chi connectivity index (χ4v) is 18.0. The Kier molecular flexibility index (Phi) is 14.8. The predicted molar refractivity (Wildman–Crippen MR) is 426 cm³/mol. The fraction of sp³-hybridized carbons (Fsp3) is 0.333. The Bertz CT molecular complexity index is 5900. The van der Waals surface area contributed by atoms with E-state index in [1.54, 1.807) is 31.2 Å². The van der Waals surface area contributed by atoms with Crippen molar-refractivity contribution in [2.24, 2.45) is 21.1 Å². The molecule has 12 aromatic rings. The van der Waals surface area contributed by atoms with Crippen LogP contribution < -0.4 is 13.7 Å². The molecular weight excluding hydrogens is 1270 g/mol. The van der Waals surface area contributed by atoms with Crippen LogP contribution in [0.3, 0.4) is 0 Å². The average molecular weight is 1380 g/mol. The van der Waals surface area contributed by atoms with E-state index in [1.807, 2.05) is 86.9 Å². The Balaban J connectivity index is 0.000000120. The second kappa shape index (κ2) is 26.3. The van der Waals surface area contributed by atoms with Crippen molar-refractivity contribution in [1.29, 1.82) is 0 Å². The summed E-state index contributed by atoms with van der Waals surface area (Å²) in [5.74, 6) is -1.68. The van der Waals surface area contributed by atoms with Crippen molar-refractivity contribution in [3.05, 3.63) is 283 Å². The Labute approximate surface area is 632 Å². The Morgan fingerprint density at radius 3 is 1.27 bits per heavy atom. The molecule has 6 aliphatic carbocycles. The van der Waals surface area contributed by atoms with E-state index in [1.165, 1.54) is 148 Å². The first kappa shape index (κ1) is 58.5. The maximum absolute atomic E-state index is 8.51. The van der Waals surface area contributed by atoms with Gasteiger partial charge in [0.1, 0.15) is 21.1 Å². The summed E-state index contributed by atoms with van der Waals surface area (Å²) in [6.45, 7) is 18.5. The molecule has 0 amide bonds.